The Labute approximate surface area is 85.8 Å². The van der Waals surface area contributed by atoms with Crippen LogP contribution in [0.25, 0.3) is 0 Å². The summed E-state index contributed by atoms with van der Waals surface area (Å²) >= 11 is 0. The molecular weight excluding hydrogens is 182 g/mol. The molecule has 1 saturated carbocycles. The Morgan fingerprint density at radius 1 is 1.36 bits per heavy atom. The van der Waals surface area contributed by atoms with Gasteiger partial charge in [0.1, 0.15) is 0 Å². The van der Waals surface area contributed by atoms with E-state index in [-0.39, 0.29) is 6.29 Å². The Kier molecular flexibility index (Phi) is 4.31. The predicted octanol–water partition coefficient (Wildman–Crippen LogP) is 0.452. The van der Waals surface area contributed by atoms with Gasteiger partial charge in [0.05, 0.1) is 5.60 Å². The smallest absolute Gasteiger partial charge is 0.169 e. The van der Waals surface area contributed by atoms with Gasteiger partial charge in [-0.3, -0.25) is 4.90 Å². The second-order valence-corrected chi connectivity index (χ2v) is 4.18. The first-order chi connectivity index (χ1) is 6.59. The molecule has 1 aliphatic rings. The molecule has 1 N–H and O–H groups in total. The first-order valence-corrected chi connectivity index (χ1v) is 5.06. The fourth-order valence-corrected chi connectivity index (χ4v) is 1.81. The molecule has 0 aliphatic heterocycles. The molecule has 0 aromatic heterocycles. The Morgan fingerprint density at radius 3 is 2.29 bits per heavy atom. The second-order valence-electron chi connectivity index (χ2n) is 4.18. The van der Waals surface area contributed by atoms with Crippen molar-refractivity contribution in [3.05, 3.63) is 0 Å². The number of rotatable bonds is 6. The fraction of sp³-hybridized carbons (Fsp3) is 1.00. The number of hydrogen-bond donors (Lipinski definition) is 1. The van der Waals surface area contributed by atoms with Crippen LogP contribution in [-0.4, -0.2) is 56.3 Å². The highest BCUT2D eigenvalue weighted by Gasteiger charge is 2.35. The number of nitrogens with zero attached hydrogens (tertiary/aromatic N) is 1. The lowest BCUT2D eigenvalue weighted by Crippen LogP contribution is -2.48. The molecule has 14 heavy (non-hydrogen) atoms. The molecule has 1 fully saturated rings. The molecule has 1 rings (SSSR count). The summed E-state index contributed by atoms with van der Waals surface area (Å²) in [6.07, 6.45) is 2.77. The zero-order valence-electron chi connectivity index (χ0n) is 9.32. The molecule has 0 saturated heterocycles. The van der Waals surface area contributed by atoms with E-state index in [0.717, 1.165) is 19.3 Å². The minimum atomic E-state index is -0.458. The van der Waals surface area contributed by atoms with Gasteiger partial charge < -0.3 is 14.6 Å². The van der Waals surface area contributed by atoms with Gasteiger partial charge in [-0.05, 0) is 26.3 Å². The van der Waals surface area contributed by atoms with Crippen LogP contribution in [0.5, 0.6) is 0 Å². The second kappa shape index (κ2) is 5.07. The first-order valence-electron chi connectivity index (χ1n) is 5.06. The minimum absolute atomic E-state index is 0.205. The third-order valence-corrected chi connectivity index (χ3v) is 2.84. The van der Waals surface area contributed by atoms with Crippen molar-refractivity contribution < 1.29 is 14.6 Å². The van der Waals surface area contributed by atoms with Crippen LogP contribution in [0.15, 0.2) is 0 Å². The summed E-state index contributed by atoms with van der Waals surface area (Å²) in [5, 5.41) is 9.92. The van der Waals surface area contributed by atoms with Crippen LogP contribution in [0, 0.1) is 0 Å². The number of methoxy groups -OCH3 is 2. The fourth-order valence-electron chi connectivity index (χ4n) is 1.81. The lowest BCUT2D eigenvalue weighted by molar-refractivity contribution is -0.125. The molecule has 0 radical (unpaired) electrons. The molecule has 4 heteroatoms. The summed E-state index contributed by atoms with van der Waals surface area (Å²) in [6.45, 7) is 1.39. The maximum atomic E-state index is 9.92. The highest BCUT2D eigenvalue weighted by molar-refractivity contribution is 4.89. The van der Waals surface area contributed by atoms with Crippen molar-refractivity contribution in [2.24, 2.45) is 0 Å². The van der Waals surface area contributed by atoms with Crippen LogP contribution in [0.1, 0.15) is 19.3 Å². The van der Waals surface area contributed by atoms with E-state index in [9.17, 15) is 5.11 Å². The molecule has 4 nitrogen and oxygen atoms in total. The largest absolute Gasteiger partial charge is 0.389 e. The summed E-state index contributed by atoms with van der Waals surface area (Å²) < 4.78 is 10.2. The standard InChI is InChI=1S/C10H21NO3/c1-11(7-9(13-2)14-3)8-10(12)5-4-6-10/h9,12H,4-8H2,1-3H3. The van der Waals surface area contributed by atoms with Gasteiger partial charge in [-0.15, -0.1) is 0 Å². The van der Waals surface area contributed by atoms with Crippen LogP contribution in [0.4, 0.5) is 0 Å². The van der Waals surface area contributed by atoms with Gasteiger partial charge in [-0.1, -0.05) is 0 Å². The number of hydrogen-bond acceptors (Lipinski definition) is 4. The van der Waals surface area contributed by atoms with Crippen molar-refractivity contribution in [1.82, 2.24) is 4.90 Å². The molecule has 1 aliphatic carbocycles. The molecular formula is C10H21NO3. The Balaban J connectivity index is 2.23. The van der Waals surface area contributed by atoms with Gasteiger partial charge in [0.15, 0.2) is 6.29 Å². The number of ether oxygens (including phenoxy) is 2. The van der Waals surface area contributed by atoms with E-state index in [1.807, 2.05) is 7.05 Å². The van der Waals surface area contributed by atoms with Crippen molar-refractivity contribution in [2.75, 3.05) is 34.4 Å². The SMILES string of the molecule is COC(CN(C)CC1(O)CCC1)OC. The summed E-state index contributed by atoms with van der Waals surface area (Å²) in [6, 6.07) is 0. The molecule has 0 aromatic rings. The number of aliphatic hydroxyl groups is 1. The maximum Gasteiger partial charge on any atom is 0.169 e. The van der Waals surface area contributed by atoms with Gasteiger partial charge in [0, 0.05) is 27.3 Å². The first kappa shape index (κ1) is 11.9. The Bertz CT molecular complexity index is 167. The molecule has 84 valence electrons. The average Bonchev–Trinajstić information content (AvgIpc) is 2.11. The zero-order valence-corrected chi connectivity index (χ0v) is 9.32. The maximum absolute atomic E-state index is 9.92. The Morgan fingerprint density at radius 2 is 1.93 bits per heavy atom. The normalized spacial score (nSPS) is 20.1. The molecule has 0 atom stereocenters. The number of likely N-dealkylation sites (N-methyl/N-ethyl adjacent to an activating group) is 1. The third kappa shape index (κ3) is 3.20. The van der Waals surface area contributed by atoms with Gasteiger partial charge >= 0.3 is 0 Å². The van der Waals surface area contributed by atoms with Crippen molar-refractivity contribution >= 4 is 0 Å². The van der Waals surface area contributed by atoms with Crippen LogP contribution < -0.4 is 0 Å². The van der Waals surface area contributed by atoms with Gasteiger partial charge in [-0.25, -0.2) is 0 Å². The van der Waals surface area contributed by atoms with Crippen LogP contribution >= 0.6 is 0 Å². The predicted molar refractivity (Wildman–Crippen MR) is 54.1 cm³/mol. The van der Waals surface area contributed by atoms with E-state index in [0.29, 0.717) is 13.1 Å². The average molecular weight is 203 g/mol. The van der Waals surface area contributed by atoms with Crippen molar-refractivity contribution in [3.63, 3.8) is 0 Å². The monoisotopic (exact) mass is 203 g/mol. The van der Waals surface area contributed by atoms with Gasteiger partial charge in [-0.2, -0.15) is 0 Å². The van der Waals surface area contributed by atoms with E-state index in [1.54, 1.807) is 14.2 Å². The van der Waals surface area contributed by atoms with Crippen LogP contribution in [0.2, 0.25) is 0 Å². The highest BCUT2D eigenvalue weighted by atomic mass is 16.7. The molecule has 0 bridgehead atoms. The third-order valence-electron chi connectivity index (χ3n) is 2.84. The van der Waals surface area contributed by atoms with E-state index in [1.165, 1.54) is 0 Å². The van der Waals surface area contributed by atoms with E-state index < -0.39 is 5.60 Å². The van der Waals surface area contributed by atoms with E-state index in [2.05, 4.69) is 4.90 Å². The summed E-state index contributed by atoms with van der Waals surface area (Å²) in [5.74, 6) is 0. The topological polar surface area (TPSA) is 41.9 Å². The quantitative estimate of drug-likeness (QED) is 0.637. The summed E-state index contributed by atoms with van der Waals surface area (Å²) in [5.41, 5.74) is -0.458. The molecule has 0 amide bonds. The van der Waals surface area contributed by atoms with E-state index in [4.69, 9.17) is 9.47 Å². The van der Waals surface area contributed by atoms with Crippen molar-refractivity contribution in [2.45, 2.75) is 31.2 Å². The van der Waals surface area contributed by atoms with Crippen LogP contribution in [0.3, 0.4) is 0 Å². The van der Waals surface area contributed by atoms with Gasteiger partial charge in [0.25, 0.3) is 0 Å². The highest BCUT2D eigenvalue weighted by Crippen LogP contribution is 2.31. The van der Waals surface area contributed by atoms with Gasteiger partial charge in [0.2, 0.25) is 0 Å². The Hall–Kier alpha value is -0.160. The van der Waals surface area contributed by atoms with Crippen molar-refractivity contribution in [1.29, 1.82) is 0 Å². The molecule has 0 spiro atoms. The lowest BCUT2D eigenvalue weighted by atomic mass is 9.80. The molecule has 0 aromatic carbocycles. The van der Waals surface area contributed by atoms with Crippen LogP contribution in [-0.2, 0) is 9.47 Å². The zero-order chi connectivity index (χ0) is 10.6. The molecule has 0 unspecified atom stereocenters. The summed E-state index contributed by atoms with van der Waals surface area (Å²) in [7, 11) is 5.22. The lowest BCUT2D eigenvalue weighted by Gasteiger charge is -2.40. The minimum Gasteiger partial charge on any atom is -0.389 e. The molecule has 0 heterocycles. The van der Waals surface area contributed by atoms with E-state index >= 15 is 0 Å². The summed E-state index contributed by atoms with van der Waals surface area (Å²) in [4.78, 5) is 2.05. The van der Waals surface area contributed by atoms with Crippen molar-refractivity contribution in [3.8, 4) is 0 Å².